The Bertz CT molecular complexity index is 971. The van der Waals surface area contributed by atoms with Crippen LogP contribution in [0.15, 0.2) is 78.2 Å². The van der Waals surface area contributed by atoms with Gasteiger partial charge >= 0.3 is 0 Å². The summed E-state index contributed by atoms with van der Waals surface area (Å²) in [5.74, 6) is -0.0828. The highest BCUT2D eigenvalue weighted by Gasteiger charge is 2.16. The molecule has 1 amide bonds. The summed E-state index contributed by atoms with van der Waals surface area (Å²) >= 11 is 1.66. The van der Waals surface area contributed by atoms with Crippen LogP contribution in [0.5, 0.6) is 0 Å². The number of thiophene rings is 1. The van der Waals surface area contributed by atoms with Crippen molar-refractivity contribution in [2.45, 2.75) is 6.54 Å². The van der Waals surface area contributed by atoms with Gasteiger partial charge in [-0.15, -0.1) is 11.3 Å². The minimum absolute atomic E-state index is 0.0828. The summed E-state index contributed by atoms with van der Waals surface area (Å²) < 4.78 is 3.21. The average molecular weight is 332 g/mol. The number of hydrogen-bond donors (Lipinski definition) is 1. The Balaban J connectivity index is 1.71. The molecule has 3 nitrogen and oxygen atoms in total. The highest BCUT2D eigenvalue weighted by atomic mass is 32.1. The number of nitrogens with one attached hydrogen (secondary N) is 1. The van der Waals surface area contributed by atoms with Gasteiger partial charge in [-0.1, -0.05) is 48.5 Å². The van der Waals surface area contributed by atoms with Gasteiger partial charge in [-0.25, -0.2) is 0 Å². The van der Waals surface area contributed by atoms with Crippen molar-refractivity contribution in [2.75, 3.05) is 5.32 Å². The lowest BCUT2D eigenvalue weighted by Crippen LogP contribution is -2.17. The number of rotatable bonds is 4. The van der Waals surface area contributed by atoms with E-state index in [2.05, 4.69) is 33.5 Å². The lowest BCUT2D eigenvalue weighted by atomic mass is 10.2. The second kappa shape index (κ2) is 6.34. The van der Waals surface area contributed by atoms with Gasteiger partial charge in [0.2, 0.25) is 0 Å². The maximum Gasteiger partial charge on any atom is 0.272 e. The first kappa shape index (κ1) is 14.7. The number of carbonyl (C=O) groups excluding carboxylic acids is 1. The summed E-state index contributed by atoms with van der Waals surface area (Å²) in [6, 6.07) is 23.8. The molecular formula is C20H16N2OS. The molecule has 0 aliphatic rings. The molecule has 4 heteroatoms. The molecule has 0 saturated carbocycles. The van der Waals surface area contributed by atoms with Gasteiger partial charge in [-0.3, -0.25) is 4.79 Å². The molecule has 0 aliphatic carbocycles. The summed E-state index contributed by atoms with van der Waals surface area (Å²) in [6.07, 6.45) is 0. The number of para-hydroxylation sites is 1. The number of aromatic nitrogens is 1. The largest absolute Gasteiger partial charge is 0.331 e. The predicted molar refractivity (Wildman–Crippen MR) is 99.8 cm³/mol. The monoisotopic (exact) mass is 332 g/mol. The third-order valence-electron chi connectivity index (χ3n) is 3.97. The van der Waals surface area contributed by atoms with Crippen LogP contribution in [0.4, 0.5) is 5.69 Å². The van der Waals surface area contributed by atoms with Gasteiger partial charge in [-0.05, 0) is 35.2 Å². The number of carbonyl (C=O) groups is 1. The van der Waals surface area contributed by atoms with Crippen LogP contribution in [0.3, 0.4) is 0 Å². The second-order valence-electron chi connectivity index (χ2n) is 5.59. The number of amides is 1. The molecule has 0 bridgehead atoms. The fourth-order valence-corrected chi connectivity index (χ4v) is 3.64. The molecule has 0 radical (unpaired) electrons. The molecule has 0 fully saturated rings. The van der Waals surface area contributed by atoms with Gasteiger partial charge in [0, 0.05) is 12.2 Å². The molecule has 1 N–H and O–H groups in total. The number of anilines is 1. The Labute approximate surface area is 144 Å². The number of benzene rings is 2. The molecule has 118 valence electrons. The SMILES string of the molecule is O=C(Nc1ccccc1)c1cc2sccc2n1Cc1ccccc1. The Morgan fingerprint density at radius 1 is 0.958 bits per heavy atom. The van der Waals surface area contributed by atoms with Gasteiger partial charge < -0.3 is 9.88 Å². The molecule has 0 aliphatic heterocycles. The van der Waals surface area contributed by atoms with Gasteiger partial charge in [-0.2, -0.15) is 0 Å². The topological polar surface area (TPSA) is 34.0 Å². The highest BCUT2D eigenvalue weighted by Crippen LogP contribution is 2.27. The summed E-state index contributed by atoms with van der Waals surface area (Å²) in [4.78, 5) is 12.8. The van der Waals surface area contributed by atoms with Crippen molar-refractivity contribution < 1.29 is 4.79 Å². The van der Waals surface area contributed by atoms with Crippen LogP contribution in [0.25, 0.3) is 10.2 Å². The fraction of sp³-hybridized carbons (Fsp3) is 0.0500. The first-order valence-corrected chi connectivity index (χ1v) is 8.66. The zero-order chi connectivity index (χ0) is 16.4. The molecular weight excluding hydrogens is 316 g/mol. The van der Waals surface area contributed by atoms with E-state index in [1.807, 2.05) is 54.6 Å². The number of nitrogens with zero attached hydrogens (tertiary/aromatic N) is 1. The van der Waals surface area contributed by atoms with Crippen LogP contribution in [-0.2, 0) is 6.54 Å². The number of hydrogen-bond acceptors (Lipinski definition) is 2. The Hall–Kier alpha value is -2.85. The van der Waals surface area contributed by atoms with Crippen molar-refractivity contribution in [3.8, 4) is 0 Å². The van der Waals surface area contributed by atoms with Crippen LogP contribution in [0.1, 0.15) is 16.1 Å². The second-order valence-corrected chi connectivity index (χ2v) is 6.54. The van der Waals surface area contributed by atoms with Crippen molar-refractivity contribution in [1.29, 1.82) is 0 Å². The van der Waals surface area contributed by atoms with E-state index in [-0.39, 0.29) is 5.91 Å². The van der Waals surface area contributed by atoms with Crippen molar-refractivity contribution in [3.05, 3.63) is 89.4 Å². The maximum atomic E-state index is 12.8. The quantitative estimate of drug-likeness (QED) is 0.560. The van der Waals surface area contributed by atoms with Crippen LogP contribution < -0.4 is 5.32 Å². The zero-order valence-corrected chi connectivity index (χ0v) is 13.8. The first-order chi connectivity index (χ1) is 11.8. The fourth-order valence-electron chi connectivity index (χ4n) is 2.82. The minimum Gasteiger partial charge on any atom is -0.331 e. The first-order valence-electron chi connectivity index (χ1n) is 7.78. The minimum atomic E-state index is -0.0828. The molecule has 4 aromatic rings. The Morgan fingerprint density at radius 2 is 1.67 bits per heavy atom. The third-order valence-corrected chi connectivity index (χ3v) is 4.82. The van der Waals surface area contributed by atoms with Crippen molar-refractivity contribution in [3.63, 3.8) is 0 Å². The zero-order valence-electron chi connectivity index (χ0n) is 13.0. The van der Waals surface area contributed by atoms with Gasteiger partial charge in [0.15, 0.2) is 0 Å². The van der Waals surface area contributed by atoms with E-state index in [4.69, 9.17) is 0 Å². The van der Waals surface area contributed by atoms with Crippen molar-refractivity contribution in [2.24, 2.45) is 0 Å². The molecule has 0 atom stereocenters. The number of fused-ring (bicyclic) bond motifs is 1. The molecule has 2 aromatic heterocycles. The molecule has 0 saturated heterocycles. The van der Waals surface area contributed by atoms with E-state index < -0.39 is 0 Å². The Kier molecular flexibility index (Phi) is 3.89. The van der Waals surface area contributed by atoms with Crippen LogP contribution in [0, 0.1) is 0 Å². The van der Waals surface area contributed by atoms with Gasteiger partial charge in [0.1, 0.15) is 5.69 Å². The van der Waals surface area contributed by atoms with E-state index in [1.54, 1.807) is 11.3 Å². The van der Waals surface area contributed by atoms with Gasteiger partial charge in [0.25, 0.3) is 5.91 Å². The van der Waals surface area contributed by atoms with E-state index in [1.165, 1.54) is 5.56 Å². The predicted octanol–water partition coefficient (Wildman–Crippen LogP) is 5.00. The average Bonchev–Trinajstić information content (AvgIpc) is 3.19. The third kappa shape index (κ3) is 2.84. The standard InChI is InChI=1S/C20H16N2OS/c23-20(21-16-9-5-2-6-10-16)18-13-19-17(11-12-24-19)22(18)14-15-7-3-1-4-8-15/h1-13H,14H2,(H,21,23). The van der Waals surface area contributed by atoms with Crippen LogP contribution >= 0.6 is 11.3 Å². The highest BCUT2D eigenvalue weighted by molar-refractivity contribution is 7.17. The maximum absolute atomic E-state index is 12.8. The molecule has 0 spiro atoms. The van der Waals surface area contributed by atoms with Crippen molar-refractivity contribution in [1.82, 2.24) is 4.57 Å². The van der Waals surface area contributed by atoms with Gasteiger partial charge in [0.05, 0.1) is 10.2 Å². The molecule has 24 heavy (non-hydrogen) atoms. The van der Waals surface area contributed by atoms with Crippen LogP contribution in [-0.4, -0.2) is 10.5 Å². The van der Waals surface area contributed by atoms with Crippen LogP contribution in [0.2, 0.25) is 0 Å². The van der Waals surface area contributed by atoms with Crippen molar-refractivity contribution >= 4 is 33.1 Å². The lowest BCUT2D eigenvalue weighted by molar-refractivity contribution is 0.101. The van der Waals surface area contributed by atoms with E-state index in [0.717, 1.165) is 15.9 Å². The summed E-state index contributed by atoms with van der Waals surface area (Å²) in [6.45, 7) is 0.679. The lowest BCUT2D eigenvalue weighted by Gasteiger charge is -2.11. The summed E-state index contributed by atoms with van der Waals surface area (Å²) in [5.41, 5.74) is 3.76. The molecule has 2 aromatic carbocycles. The molecule has 4 rings (SSSR count). The normalized spacial score (nSPS) is 10.8. The Morgan fingerprint density at radius 3 is 2.42 bits per heavy atom. The summed E-state index contributed by atoms with van der Waals surface area (Å²) in [5, 5.41) is 5.04. The van der Waals surface area contributed by atoms with E-state index in [9.17, 15) is 4.79 Å². The summed E-state index contributed by atoms with van der Waals surface area (Å²) in [7, 11) is 0. The van der Waals surface area contributed by atoms with E-state index in [0.29, 0.717) is 12.2 Å². The van der Waals surface area contributed by atoms with E-state index >= 15 is 0 Å². The smallest absolute Gasteiger partial charge is 0.272 e. The molecule has 0 unspecified atom stereocenters. The molecule has 2 heterocycles.